The van der Waals surface area contributed by atoms with E-state index in [1.165, 1.54) is 10.9 Å². The molecule has 78 valence electrons. The van der Waals surface area contributed by atoms with Crippen molar-refractivity contribution in [2.24, 2.45) is 0 Å². The first-order chi connectivity index (χ1) is 6.52. The Morgan fingerprint density at radius 3 is 2.79 bits per heavy atom. The van der Waals surface area contributed by atoms with Crippen LogP contribution in [0, 0.1) is 0 Å². The summed E-state index contributed by atoms with van der Waals surface area (Å²) in [6.07, 6.45) is 1.26. The molecule has 0 amide bonds. The van der Waals surface area contributed by atoms with E-state index in [2.05, 4.69) is 5.10 Å². The van der Waals surface area contributed by atoms with Crippen molar-refractivity contribution < 1.29 is 9.90 Å². The van der Waals surface area contributed by atoms with Gasteiger partial charge >= 0.3 is 5.97 Å². The van der Waals surface area contributed by atoms with E-state index in [4.69, 9.17) is 16.7 Å². The number of hydrogen-bond donors (Lipinski definition) is 1. The maximum absolute atomic E-state index is 10.6. The maximum Gasteiger partial charge on any atom is 0.340 e. The second-order valence-electron chi connectivity index (χ2n) is 3.18. The largest absolute Gasteiger partial charge is 0.478 e. The van der Waals surface area contributed by atoms with Crippen molar-refractivity contribution in [3.63, 3.8) is 0 Å². The van der Waals surface area contributed by atoms with Gasteiger partial charge in [-0.2, -0.15) is 5.10 Å². The maximum atomic E-state index is 10.6. The van der Waals surface area contributed by atoms with Gasteiger partial charge in [-0.05, 0) is 14.1 Å². The van der Waals surface area contributed by atoms with Crippen LogP contribution in [0.5, 0.6) is 0 Å². The van der Waals surface area contributed by atoms with Gasteiger partial charge in [-0.25, -0.2) is 4.79 Å². The number of halogens is 1. The molecular formula is C8H12ClN3O2. The summed E-state index contributed by atoms with van der Waals surface area (Å²) in [4.78, 5) is 12.6. The molecule has 0 aliphatic carbocycles. The SMILES string of the molecule is CN(C)CCn1ncc(C(=O)O)c1Cl. The van der Waals surface area contributed by atoms with Gasteiger partial charge in [0.2, 0.25) is 0 Å². The van der Waals surface area contributed by atoms with Gasteiger partial charge in [0, 0.05) is 6.54 Å². The van der Waals surface area contributed by atoms with Crippen molar-refractivity contribution in [2.45, 2.75) is 6.54 Å². The predicted molar refractivity (Wildman–Crippen MR) is 52.8 cm³/mol. The number of aromatic carboxylic acids is 1. The van der Waals surface area contributed by atoms with Crippen LogP contribution in [-0.2, 0) is 6.54 Å². The molecule has 1 aromatic rings. The number of carboxylic acid groups (broad SMARTS) is 1. The van der Waals surface area contributed by atoms with Crippen LogP contribution in [0.4, 0.5) is 0 Å². The molecule has 1 aromatic heterocycles. The number of nitrogens with zero attached hydrogens (tertiary/aromatic N) is 3. The quantitative estimate of drug-likeness (QED) is 0.811. The second kappa shape index (κ2) is 4.43. The molecule has 0 aliphatic heterocycles. The van der Waals surface area contributed by atoms with E-state index in [0.717, 1.165) is 6.54 Å². The fraction of sp³-hybridized carbons (Fsp3) is 0.500. The van der Waals surface area contributed by atoms with E-state index in [0.29, 0.717) is 6.54 Å². The second-order valence-corrected chi connectivity index (χ2v) is 3.54. The topological polar surface area (TPSA) is 58.4 Å². The number of carbonyl (C=O) groups is 1. The number of hydrogen-bond acceptors (Lipinski definition) is 3. The molecule has 0 bridgehead atoms. The summed E-state index contributed by atoms with van der Waals surface area (Å²) in [7, 11) is 3.85. The lowest BCUT2D eigenvalue weighted by atomic mass is 10.4. The Morgan fingerprint density at radius 1 is 1.71 bits per heavy atom. The monoisotopic (exact) mass is 217 g/mol. The molecule has 0 radical (unpaired) electrons. The highest BCUT2D eigenvalue weighted by Gasteiger charge is 2.14. The molecule has 6 heteroatoms. The normalized spacial score (nSPS) is 10.9. The average Bonchev–Trinajstić information content (AvgIpc) is 2.43. The molecule has 0 aromatic carbocycles. The highest BCUT2D eigenvalue weighted by atomic mass is 35.5. The Kier molecular flexibility index (Phi) is 3.49. The van der Waals surface area contributed by atoms with E-state index in [1.54, 1.807) is 0 Å². The minimum absolute atomic E-state index is 0.0467. The van der Waals surface area contributed by atoms with Gasteiger partial charge in [-0.3, -0.25) is 4.68 Å². The smallest absolute Gasteiger partial charge is 0.340 e. The average molecular weight is 218 g/mol. The van der Waals surface area contributed by atoms with Crippen LogP contribution < -0.4 is 0 Å². The summed E-state index contributed by atoms with van der Waals surface area (Å²) in [6.45, 7) is 1.35. The van der Waals surface area contributed by atoms with Crippen molar-refractivity contribution in [1.82, 2.24) is 14.7 Å². The number of likely N-dealkylation sites (N-methyl/N-ethyl adjacent to an activating group) is 1. The Morgan fingerprint density at radius 2 is 2.36 bits per heavy atom. The lowest BCUT2D eigenvalue weighted by molar-refractivity contribution is 0.0697. The Hall–Kier alpha value is -1.07. The fourth-order valence-electron chi connectivity index (χ4n) is 0.964. The summed E-state index contributed by atoms with van der Waals surface area (Å²) in [5, 5.41) is 12.8. The zero-order valence-electron chi connectivity index (χ0n) is 8.07. The minimum atomic E-state index is -1.05. The van der Waals surface area contributed by atoms with Gasteiger partial charge in [0.25, 0.3) is 0 Å². The zero-order chi connectivity index (χ0) is 10.7. The summed E-state index contributed by atoms with van der Waals surface area (Å²) < 4.78 is 1.48. The highest BCUT2D eigenvalue weighted by Crippen LogP contribution is 2.14. The molecule has 0 unspecified atom stereocenters. The molecule has 1 heterocycles. The standard InChI is InChI=1S/C8H12ClN3O2/c1-11(2)3-4-12-7(9)6(5-10-12)8(13)14/h5H,3-4H2,1-2H3,(H,13,14). The number of rotatable bonds is 4. The first-order valence-electron chi connectivity index (χ1n) is 4.11. The molecule has 0 aliphatic rings. The first-order valence-corrected chi connectivity index (χ1v) is 4.49. The predicted octanol–water partition coefficient (Wildman–Crippen LogP) is 0.796. The highest BCUT2D eigenvalue weighted by molar-refractivity contribution is 6.32. The van der Waals surface area contributed by atoms with E-state index in [9.17, 15) is 4.79 Å². The van der Waals surface area contributed by atoms with Crippen LogP contribution in [0.1, 0.15) is 10.4 Å². The molecule has 1 N–H and O–H groups in total. The van der Waals surface area contributed by atoms with E-state index in [-0.39, 0.29) is 10.7 Å². The van der Waals surface area contributed by atoms with Crippen LogP contribution in [0.25, 0.3) is 0 Å². The molecule has 1 rings (SSSR count). The third-order valence-corrected chi connectivity index (χ3v) is 2.16. The minimum Gasteiger partial charge on any atom is -0.478 e. The van der Waals surface area contributed by atoms with Gasteiger partial charge in [0.15, 0.2) is 0 Å². The third kappa shape index (κ3) is 2.46. The van der Waals surface area contributed by atoms with Gasteiger partial charge in [-0.1, -0.05) is 11.6 Å². The van der Waals surface area contributed by atoms with Gasteiger partial charge < -0.3 is 10.0 Å². The van der Waals surface area contributed by atoms with Crippen LogP contribution in [0.2, 0.25) is 5.15 Å². The molecular weight excluding hydrogens is 206 g/mol. The van der Waals surface area contributed by atoms with Crippen molar-refractivity contribution in [1.29, 1.82) is 0 Å². The summed E-state index contributed by atoms with van der Waals surface area (Å²) in [5.74, 6) is -1.05. The molecule has 0 saturated heterocycles. The fourth-order valence-corrected chi connectivity index (χ4v) is 1.22. The van der Waals surface area contributed by atoms with Gasteiger partial charge in [-0.15, -0.1) is 0 Å². The molecule has 0 saturated carbocycles. The summed E-state index contributed by atoms with van der Waals surface area (Å²) in [6, 6.07) is 0. The van der Waals surface area contributed by atoms with E-state index < -0.39 is 5.97 Å². The van der Waals surface area contributed by atoms with E-state index in [1.807, 2.05) is 19.0 Å². The molecule has 0 fully saturated rings. The molecule has 14 heavy (non-hydrogen) atoms. The van der Waals surface area contributed by atoms with Gasteiger partial charge in [0.1, 0.15) is 10.7 Å². The van der Waals surface area contributed by atoms with Crippen molar-refractivity contribution in [2.75, 3.05) is 20.6 Å². The van der Waals surface area contributed by atoms with Crippen LogP contribution in [-0.4, -0.2) is 46.4 Å². The Balaban J connectivity index is 2.74. The van der Waals surface area contributed by atoms with Crippen molar-refractivity contribution >= 4 is 17.6 Å². The lowest BCUT2D eigenvalue weighted by Crippen LogP contribution is -2.19. The van der Waals surface area contributed by atoms with E-state index >= 15 is 0 Å². The lowest BCUT2D eigenvalue weighted by Gasteiger charge is -2.09. The number of carboxylic acids is 1. The first kappa shape index (κ1) is 11.0. The molecule has 0 spiro atoms. The summed E-state index contributed by atoms with van der Waals surface area (Å²) >= 11 is 5.80. The van der Waals surface area contributed by atoms with Crippen molar-refractivity contribution in [3.05, 3.63) is 16.9 Å². The van der Waals surface area contributed by atoms with Crippen LogP contribution in [0.3, 0.4) is 0 Å². The van der Waals surface area contributed by atoms with Crippen LogP contribution in [0.15, 0.2) is 6.20 Å². The van der Waals surface area contributed by atoms with Crippen LogP contribution >= 0.6 is 11.6 Å². The Labute approximate surface area is 86.9 Å². The van der Waals surface area contributed by atoms with Crippen molar-refractivity contribution in [3.8, 4) is 0 Å². The number of aromatic nitrogens is 2. The zero-order valence-corrected chi connectivity index (χ0v) is 8.82. The summed E-state index contributed by atoms with van der Waals surface area (Å²) in [5.41, 5.74) is 0.0467. The Bertz CT molecular complexity index is 335. The molecule has 5 nitrogen and oxygen atoms in total. The third-order valence-electron chi connectivity index (χ3n) is 1.76. The molecule has 0 atom stereocenters. The van der Waals surface area contributed by atoms with Gasteiger partial charge in [0.05, 0.1) is 12.7 Å².